The molecule has 1 saturated carbocycles. The molecule has 1 aromatic heterocycles. The predicted molar refractivity (Wildman–Crippen MR) is 80.0 cm³/mol. The highest BCUT2D eigenvalue weighted by molar-refractivity contribution is 5.40. The largest absolute Gasteiger partial charge is 0.376 e. The molecule has 1 aromatic rings. The van der Waals surface area contributed by atoms with Crippen LogP contribution in [0.15, 0.2) is 12.3 Å². The maximum absolute atomic E-state index is 5.59. The number of aromatic nitrogens is 2. The van der Waals surface area contributed by atoms with Gasteiger partial charge >= 0.3 is 0 Å². The first kappa shape index (κ1) is 13.6. The summed E-state index contributed by atoms with van der Waals surface area (Å²) in [5.41, 5.74) is 0. The lowest BCUT2D eigenvalue weighted by Gasteiger charge is -2.23. The van der Waals surface area contributed by atoms with Gasteiger partial charge in [0.15, 0.2) is 0 Å². The van der Waals surface area contributed by atoms with Crippen molar-refractivity contribution in [3.8, 4) is 0 Å². The zero-order chi connectivity index (χ0) is 13.6. The van der Waals surface area contributed by atoms with Crippen molar-refractivity contribution < 1.29 is 4.74 Å². The van der Waals surface area contributed by atoms with Gasteiger partial charge in [0.25, 0.3) is 0 Å². The van der Waals surface area contributed by atoms with Gasteiger partial charge in [-0.15, -0.1) is 0 Å². The number of hydrogen-bond acceptors (Lipinski definition) is 5. The minimum absolute atomic E-state index is 0.313. The van der Waals surface area contributed by atoms with E-state index in [1.54, 1.807) is 0 Å². The van der Waals surface area contributed by atoms with E-state index >= 15 is 0 Å². The number of hydrogen-bond donors (Lipinski definition) is 2. The van der Waals surface area contributed by atoms with Crippen molar-refractivity contribution in [1.82, 2.24) is 9.97 Å². The molecule has 2 fully saturated rings. The van der Waals surface area contributed by atoms with E-state index in [-0.39, 0.29) is 0 Å². The Hall–Kier alpha value is -1.36. The van der Waals surface area contributed by atoms with Gasteiger partial charge in [-0.3, -0.25) is 0 Å². The fraction of sp³-hybridized carbons (Fsp3) is 0.733. The van der Waals surface area contributed by atoms with Gasteiger partial charge in [0.2, 0.25) is 5.95 Å². The Morgan fingerprint density at radius 3 is 2.85 bits per heavy atom. The maximum atomic E-state index is 5.59. The fourth-order valence-corrected chi connectivity index (χ4v) is 2.99. The van der Waals surface area contributed by atoms with E-state index in [0.29, 0.717) is 18.1 Å². The van der Waals surface area contributed by atoms with Crippen LogP contribution in [-0.2, 0) is 4.74 Å². The fourth-order valence-electron chi connectivity index (χ4n) is 2.99. The molecular weight excluding hydrogens is 252 g/mol. The number of rotatable bonds is 5. The van der Waals surface area contributed by atoms with E-state index in [1.807, 2.05) is 12.3 Å². The van der Waals surface area contributed by atoms with E-state index in [4.69, 9.17) is 4.74 Å². The first-order chi connectivity index (χ1) is 9.90. The average Bonchev–Trinajstić information content (AvgIpc) is 3.00. The molecule has 1 aliphatic carbocycles. The third-order valence-corrected chi connectivity index (χ3v) is 4.12. The lowest BCUT2D eigenvalue weighted by molar-refractivity contribution is 0.120. The Morgan fingerprint density at radius 1 is 1.15 bits per heavy atom. The van der Waals surface area contributed by atoms with Crippen LogP contribution in [0.2, 0.25) is 0 Å². The van der Waals surface area contributed by atoms with Crippen molar-refractivity contribution in [1.29, 1.82) is 0 Å². The van der Waals surface area contributed by atoms with Crippen LogP contribution in [0.4, 0.5) is 11.8 Å². The highest BCUT2D eigenvalue weighted by Gasteiger charge is 2.16. The van der Waals surface area contributed by atoms with Gasteiger partial charge in [0.1, 0.15) is 5.82 Å². The molecule has 20 heavy (non-hydrogen) atoms. The summed E-state index contributed by atoms with van der Waals surface area (Å²) in [5.74, 6) is 1.63. The van der Waals surface area contributed by atoms with Crippen LogP contribution < -0.4 is 10.6 Å². The number of nitrogens with zero attached hydrogens (tertiary/aromatic N) is 2. The molecule has 2 heterocycles. The van der Waals surface area contributed by atoms with Crippen LogP contribution >= 0.6 is 0 Å². The lowest BCUT2D eigenvalue weighted by atomic mass is 9.95. The monoisotopic (exact) mass is 276 g/mol. The second kappa shape index (κ2) is 6.88. The summed E-state index contributed by atoms with van der Waals surface area (Å²) in [7, 11) is 0. The highest BCUT2D eigenvalue weighted by Crippen LogP contribution is 2.21. The molecule has 1 atom stereocenters. The normalized spacial score (nSPS) is 23.7. The number of anilines is 2. The minimum atomic E-state index is 0.313. The summed E-state index contributed by atoms with van der Waals surface area (Å²) in [6, 6.07) is 2.52. The molecule has 0 aromatic carbocycles. The molecule has 110 valence electrons. The zero-order valence-electron chi connectivity index (χ0n) is 12.0. The first-order valence-electron chi connectivity index (χ1n) is 7.85. The van der Waals surface area contributed by atoms with Crippen molar-refractivity contribution in [2.45, 2.75) is 57.1 Å². The smallest absolute Gasteiger partial charge is 0.224 e. The molecule has 1 saturated heterocycles. The highest BCUT2D eigenvalue weighted by atomic mass is 16.5. The predicted octanol–water partition coefficient (Wildman–Crippen LogP) is 2.81. The minimum Gasteiger partial charge on any atom is -0.376 e. The lowest BCUT2D eigenvalue weighted by Crippen LogP contribution is -2.23. The van der Waals surface area contributed by atoms with E-state index in [1.165, 1.54) is 32.1 Å². The van der Waals surface area contributed by atoms with Crippen LogP contribution in [0.3, 0.4) is 0 Å². The van der Waals surface area contributed by atoms with Crippen LogP contribution in [0, 0.1) is 0 Å². The second-order valence-corrected chi connectivity index (χ2v) is 5.76. The quantitative estimate of drug-likeness (QED) is 0.866. The van der Waals surface area contributed by atoms with Crippen LogP contribution in [0.25, 0.3) is 0 Å². The molecule has 1 unspecified atom stereocenters. The van der Waals surface area contributed by atoms with E-state index < -0.39 is 0 Å². The van der Waals surface area contributed by atoms with Gasteiger partial charge in [-0.25, -0.2) is 4.98 Å². The van der Waals surface area contributed by atoms with Crippen LogP contribution in [0.5, 0.6) is 0 Å². The van der Waals surface area contributed by atoms with Gasteiger partial charge in [0.05, 0.1) is 6.10 Å². The molecule has 5 nitrogen and oxygen atoms in total. The molecule has 0 bridgehead atoms. The summed E-state index contributed by atoms with van der Waals surface area (Å²) in [6.07, 6.45) is 11.0. The summed E-state index contributed by atoms with van der Waals surface area (Å²) in [6.45, 7) is 1.68. The Bertz CT molecular complexity index is 414. The molecule has 3 rings (SSSR count). The Morgan fingerprint density at radius 2 is 2.05 bits per heavy atom. The standard InChI is InChI=1S/C15H24N4O/c1-2-5-12(6-3-1)18-14-8-9-16-15(19-14)17-11-13-7-4-10-20-13/h8-9,12-13H,1-7,10-11H2,(H2,16,17,18,19). The number of nitrogens with one attached hydrogen (secondary N) is 2. The van der Waals surface area contributed by atoms with Crippen molar-refractivity contribution in [3.63, 3.8) is 0 Å². The Balaban J connectivity index is 1.51. The van der Waals surface area contributed by atoms with E-state index in [2.05, 4.69) is 20.6 Å². The van der Waals surface area contributed by atoms with Crippen molar-refractivity contribution in [2.75, 3.05) is 23.8 Å². The Kier molecular flexibility index (Phi) is 4.69. The van der Waals surface area contributed by atoms with Crippen LogP contribution in [0.1, 0.15) is 44.9 Å². The zero-order valence-corrected chi connectivity index (χ0v) is 12.0. The van der Waals surface area contributed by atoms with E-state index in [0.717, 1.165) is 31.8 Å². The van der Waals surface area contributed by atoms with Crippen LogP contribution in [-0.4, -0.2) is 35.3 Å². The molecular formula is C15H24N4O. The first-order valence-corrected chi connectivity index (χ1v) is 7.85. The third kappa shape index (κ3) is 3.82. The molecule has 2 aliphatic rings. The van der Waals surface area contributed by atoms with Gasteiger partial charge in [-0.2, -0.15) is 4.98 Å². The van der Waals surface area contributed by atoms with Crippen molar-refractivity contribution in [2.24, 2.45) is 0 Å². The molecule has 0 radical (unpaired) electrons. The average molecular weight is 276 g/mol. The van der Waals surface area contributed by atoms with E-state index in [9.17, 15) is 0 Å². The second-order valence-electron chi connectivity index (χ2n) is 5.76. The summed E-state index contributed by atoms with van der Waals surface area (Å²) >= 11 is 0. The van der Waals surface area contributed by atoms with Crippen molar-refractivity contribution >= 4 is 11.8 Å². The molecule has 0 amide bonds. The van der Waals surface area contributed by atoms with Gasteiger partial charge in [-0.05, 0) is 31.7 Å². The molecule has 5 heteroatoms. The number of ether oxygens (including phenoxy) is 1. The SMILES string of the molecule is c1cc(NC2CCCCC2)nc(NCC2CCCO2)n1. The molecule has 0 spiro atoms. The van der Waals surface area contributed by atoms with Gasteiger partial charge < -0.3 is 15.4 Å². The molecule has 1 aliphatic heterocycles. The summed E-state index contributed by atoms with van der Waals surface area (Å²) < 4.78 is 5.59. The topological polar surface area (TPSA) is 59.1 Å². The third-order valence-electron chi connectivity index (χ3n) is 4.12. The van der Waals surface area contributed by atoms with Crippen molar-refractivity contribution in [3.05, 3.63) is 12.3 Å². The Labute approximate surface area is 120 Å². The van der Waals surface area contributed by atoms with Gasteiger partial charge in [0, 0.05) is 25.4 Å². The molecule has 2 N–H and O–H groups in total. The summed E-state index contributed by atoms with van der Waals surface area (Å²) in [4.78, 5) is 8.81. The van der Waals surface area contributed by atoms with Gasteiger partial charge in [-0.1, -0.05) is 19.3 Å². The maximum Gasteiger partial charge on any atom is 0.224 e. The summed E-state index contributed by atoms with van der Waals surface area (Å²) in [5, 5.41) is 6.80.